The van der Waals surface area contributed by atoms with Crippen LogP contribution < -0.4 is 0 Å². The van der Waals surface area contributed by atoms with Gasteiger partial charge in [-0.25, -0.2) is 20.5 Å². The van der Waals surface area contributed by atoms with Crippen molar-refractivity contribution >= 4 is 39.9 Å². The molecule has 0 amide bonds. The molecule has 112 valence electrons. The number of hydrogen-bond acceptors (Lipinski definition) is 7. The molecule has 0 aromatic heterocycles. The van der Waals surface area contributed by atoms with Crippen LogP contribution in [0.2, 0.25) is 0 Å². The maximum atomic E-state index is 11.9. The molecule has 2 aromatic carbocycles. The molecule has 0 saturated carbocycles. The van der Waals surface area contributed by atoms with Crippen molar-refractivity contribution in [2.75, 3.05) is 0 Å². The Balaban J connectivity index is 2.02. The highest BCUT2D eigenvalue weighted by molar-refractivity contribution is 8.76. The molecule has 5 nitrogen and oxygen atoms in total. The van der Waals surface area contributed by atoms with E-state index in [-0.39, 0.29) is 31.9 Å². The summed E-state index contributed by atoms with van der Waals surface area (Å²) < 4.78 is 52.3. The SMILES string of the molecule is O=S(=O)(SOSS(=O)(=O)c1ccccc1)c1ccccc1. The summed E-state index contributed by atoms with van der Waals surface area (Å²) in [6.45, 7) is 0. The van der Waals surface area contributed by atoms with Crippen molar-refractivity contribution in [3.8, 4) is 0 Å². The van der Waals surface area contributed by atoms with E-state index in [1.807, 2.05) is 0 Å². The van der Waals surface area contributed by atoms with Crippen LogP contribution in [0.15, 0.2) is 70.5 Å². The van der Waals surface area contributed by atoms with Gasteiger partial charge in [-0.2, -0.15) is 0 Å². The lowest BCUT2D eigenvalue weighted by Gasteiger charge is -2.03. The van der Waals surface area contributed by atoms with Gasteiger partial charge in [-0.1, -0.05) is 36.4 Å². The van der Waals surface area contributed by atoms with E-state index in [0.717, 1.165) is 0 Å². The normalized spacial score (nSPS) is 12.2. The van der Waals surface area contributed by atoms with Crippen LogP contribution in [-0.2, 0) is 21.4 Å². The molecule has 9 heteroatoms. The van der Waals surface area contributed by atoms with E-state index in [4.69, 9.17) is 3.63 Å². The Hall–Kier alpha value is -1.00. The summed E-state index contributed by atoms with van der Waals surface area (Å²) in [5.74, 6) is 0. The van der Waals surface area contributed by atoms with Crippen LogP contribution in [0.3, 0.4) is 0 Å². The molecule has 0 radical (unpaired) electrons. The maximum Gasteiger partial charge on any atom is 0.256 e. The van der Waals surface area contributed by atoms with Crippen molar-refractivity contribution in [2.24, 2.45) is 0 Å². The first-order valence-electron chi connectivity index (χ1n) is 5.56. The van der Waals surface area contributed by atoms with Crippen molar-refractivity contribution in [1.29, 1.82) is 0 Å². The van der Waals surface area contributed by atoms with Gasteiger partial charge in [0.25, 0.3) is 17.7 Å². The zero-order valence-corrected chi connectivity index (χ0v) is 13.7. The standard InChI is InChI=1S/C12H10O5S4/c13-20(14,11-7-3-1-4-8-11)18-17-19-21(15,16)12-9-5-2-6-10-12/h1-10H. The minimum atomic E-state index is -3.76. The Bertz CT molecular complexity index is 717. The van der Waals surface area contributed by atoms with E-state index in [0.29, 0.717) is 0 Å². The summed E-state index contributed by atoms with van der Waals surface area (Å²) >= 11 is 0.219. The Morgan fingerprint density at radius 1 is 0.619 bits per heavy atom. The zero-order chi connectivity index (χ0) is 15.3. The van der Waals surface area contributed by atoms with Crippen molar-refractivity contribution < 1.29 is 20.5 Å². The van der Waals surface area contributed by atoms with Gasteiger partial charge in [-0.05, 0) is 24.3 Å². The second-order valence-electron chi connectivity index (χ2n) is 3.74. The monoisotopic (exact) mass is 362 g/mol. The molecule has 0 saturated heterocycles. The summed E-state index contributed by atoms with van der Waals surface area (Å²) in [5, 5.41) is 0. The summed E-state index contributed by atoms with van der Waals surface area (Å²) in [7, 11) is -7.51. The molecule has 0 aliphatic heterocycles. The number of rotatable bonds is 6. The second kappa shape index (κ2) is 6.84. The molecule has 0 fully saturated rings. The third-order valence-electron chi connectivity index (χ3n) is 2.30. The van der Waals surface area contributed by atoms with Gasteiger partial charge in [-0.3, -0.25) is 0 Å². The molecular weight excluding hydrogens is 352 g/mol. The Kier molecular flexibility index (Phi) is 5.33. The first-order valence-corrected chi connectivity index (χ1v) is 11.0. The van der Waals surface area contributed by atoms with Crippen LogP contribution in [0.1, 0.15) is 0 Å². The van der Waals surface area contributed by atoms with Gasteiger partial charge in [0.2, 0.25) is 0 Å². The van der Waals surface area contributed by atoms with Crippen molar-refractivity contribution in [2.45, 2.75) is 9.79 Å². The van der Waals surface area contributed by atoms with Gasteiger partial charge in [0, 0.05) is 0 Å². The quantitative estimate of drug-likeness (QED) is 0.577. The van der Waals surface area contributed by atoms with E-state index in [9.17, 15) is 16.8 Å². The van der Waals surface area contributed by atoms with Crippen LogP contribution in [0.25, 0.3) is 0 Å². The third kappa shape index (κ3) is 4.48. The molecule has 0 aliphatic carbocycles. The molecule has 0 atom stereocenters. The largest absolute Gasteiger partial charge is 0.256 e. The molecule has 2 rings (SSSR count). The lowest BCUT2D eigenvalue weighted by atomic mass is 10.4. The topological polar surface area (TPSA) is 77.5 Å². The summed E-state index contributed by atoms with van der Waals surface area (Å²) in [6.07, 6.45) is 0. The zero-order valence-electron chi connectivity index (χ0n) is 10.4. The summed E-state index contributed by atoms with van der Waals surface area (Å²) in [4.78, 5) is 0.0976. The van der Waals surface area contributed by atoms with E-state index in [1.54, 1.807) is 36.4 Å². The van der Waals surface area contributed by atoms with E-state index >= 15 is 0 Å². The predicted molar refractivity (Wildman–Crippen MR) is 83.5 cm³/mol. The van der Waals surface area contributed by atoms with Gasteiger partial charge in [0.05, 0.1) is 9.79 Å². The molecule has 0 unspecified atom stereocenters. The smallest absolute Gasteiger partial charge is 0.214 e. The number of hydrogen-bond donors (Lipinski definition) is 0. The Morgan fingerprint density at radius 3 is 1.29 bits per heavy atom. The summed E-state index contributed by atoms with van der Waals surface area (Å²) in [6, 6.07) is 15.3. The van der Waals surface area contributed by atoms with E-state index < -0.39 is 17.7 Å². The molecule has 0 aliphatic rings. The van der Waals surface area contributed by atoms with Crippen LogP contribution in [-0.4, -0.2) is 16.8 Å². The average molecular weight is 362 g/mol. The van der Waals surface area contributed by atoms with Crippen molar-refractivity contribution in [3.05, 3.63) is 60.7 Å². The maximum absolute atomic E-state index is 11.9. The Morgan fingerprint density at radius 2 is 0.952 bits per heavy atom. The van der Waals surface area contributed by atoms with Gasteiger partial charge >= 0.3 is 0 Å². The molecule has 0 N–H and O–H groups in total. The molecule has 21 heavy (non-hydrogen) atoms. The average Bonchev–Trinajstić information content (AvgIpc) is 2.49. The van der Waals surface area contributed by atoms with Gasteiger partial charge in [0.15, 0.2) is 0 Å². The lowest BCUT2D eigenvalue weighted by molar-refractivity contribution is 0.606. The van der Waals surface area contributed by atoms with E-state index in [1.165, 1.54) is 24.3 Å². The van der Waals surface area contributed by atoms with Gasteiger partial charge in [-0.15, -0.1) is 0 Å². The fourth-order valence-electron chi connectivity index (χ4n) is 1.34. The fraction of sp³-hybridized carbons (Fsp3) is 0. The highest BCUT2D eigenvalue weighted by Crippen LogP contribution is 2.33. The highest BCUT2D eigenvalue weighted by Gasteiger charge is 2.21. The molecule has 0 spiro atoms. The van der Waals surface area contributed by atoms with Crippen molar-refractivity contribution in [3.63, 3.8) is 0 Å². The minimum absolute atomic E-state index is 0.0488. The predicted octanol–water partition coefficient (Wildman–Crippen LogP) is 3.08. The lowest BCUT2D eigenvalue weighted by Crippen LogP contribution is -1.97. The van der Waals surface area contributed by atoms with Crippen LogP contribution in [0.5, 0.6) is 0 Å². The van der Waals surface area contributed by atoms with E-state index in [2.05, 4.69) is 0 Å². The first-order chi connectivity index (χ1) is 9.92. The van der Waals surface area contributed by atoms with Crippen LogP contribution >= 0.6 is 22.1 Å². The van der Waals surface area contributed by atoms with Gasteiger partial charge in [0.1, 0.15) is 22.1 Å². The first kappa shape index (κ1) is 16.4. The second-order valence-corrected chi connectivity index (χ2v) is 10.8. The molecular formula is C12H10O5S4. The van der Waals surface area contributed by atoms with Crippen LogP contribution in [0, 0.1) is 0 Å². The highest BCUT2D eigenvalue weighted by atomic mass is 33.2. The third-order valence-corrected chi connectivity index (χ3v) is 8.03. The van der Waals surface area contributed by atoms with Crippen LogP contribution in [0.4, 0.5) is 0 Å². The molecule has 0 heterocycles. The van der Waals surface area contributed by atoms with Gasteiger partial charge < -0.3 is 0 Å². The number of benzene rings is 2. The fourth-order valence-corrected chi connectivity index (χ4v) is 6.42. The van der Waals surface area contributed by atoms with Crippen molar-refractivity contribution in [1.82, 2.24) is 0 Å². The molecule has 2 aromatic rings. The molecule has 0 bridgehead atoms. The summed E-state index contributed by atoms with van der Waals surface area (Å²) in [5.41, 5.74) is 0. The Labute approximate surface area is 130 Å². The minimum Gasteiger partial charge on any atom is -0.214 e.